The van der Waals surface area contributed by atoms with Gasteiger partial charge in [0.1, 0.15) is 0 Å². The maximum absolute atomic E-state index is 12.3. The van der Waals surface area contributed by atoms with E-state index in [1.165, 1.54) is 13.2 Å². The summed E-state index contributed by atoms with van der Waals surface area (Å²) in [6, 6.07) is 6.46. The number of methoxy groups -OCH3 is 1. The van der Waals surface area contributed by atoms with Crippen LogP contribution < -0.4 is 4.72 Å². The van der Waals surface area contributed by atoms with Crippen LogP contribution >= 0.6 is 0 Å². The first-order valence-corrected chi connectivity index (χ1v) is 7.98. The van der Waals surface area contributed by atoms with E-state index in [1.54, 1.807) is 32.0 Å². The summed E-state index contributed by atoms with van der Waals surface area (Å²) in [5.41, 5.74) is -0.0854. The number of carboxylic acid groups (broad SMARTS) is 1. The Labute approximate surface area is 125 Å². The maximum atomic E-state index is 12.3. The van der Waals surface area contributed by atoms with Gasteiger partial charge >= 0.3 is 5.97 Å². The van der Waals surface area contributed by atoms with Gasteiger partial charge in [0, 0.05) is 19.1 Å². The number of hydrogen-bond donors (Lipinski definition) is 2. The molecule has 1 aromatic rings. The number of hydrogen-bond acceptors (Lipinski definition) is 4. The zero-order valence-corrected chi connectivity index (χ0v) is 13.2. The Morgan fingerprint density at radius 3 is 2.62 bits per heavy atom. The van der Waals surface area contributed by atoms with Crippen molar-refractivity contribution in [2.24, 2.45) is 0 Å². The van der Waals surface area contributed by atoms with Crippen molar-refractivity contribution in [1.29, 1.82) is 0 Å². The molecule has 2 N–H and O–H groups in total. The number of nitrogens with one attached hydrogen (secondary N) is 1. The zero-order valence-electron chi connectivity index (χ0n) is 12.4. The molecule has 1 aromatic carbocycles. The minimum atomic E-state index is -3.71. The van der Waals surface area contributed by atoms with Crippen LogP contribution in [0.3, 0.4) is 0 Å². The highest BCUT2D eigenvalue weighted by Crippen LogP contribution is 2.18. The molecule has 0 aliphatic carbocycles. The summed E-state index contributed by atoms with van der Waals surface area (Å²) < 4.78 is 32.2. The van der Waals surface area contributed by atoms with Crippen molar-refractivity contribution in [2.45, 2.75) is 43.7 Å². The van der Waals surface area contributed by atoms with Crippen LogP contribution in [0.1, 0.15) is 32.3 Å². The fourth-order valence-electron chi connectivity index (χ4n) is 1.86. The van der Waals surface area contributed by atoms with Crippen molar-refractivity contribution in [3.05, 3.63) is 29.8 Å². The highest BCUT2D eigenvalue weighted by atomic mass is 32.2. The van der Waals surface area contributed by atoms with Gasteiger partial charge in [-0.3, -0.25) is 4.79 Å². The summed E-state index contributed by atoms with van der Waals surface area (Å²) >= 11 is 0. The molecule has 0 atom stereocenters. The van der Waals surface area contributed by atoms with Crippen LogP contribution in [-0.2, 0) is 26.2 Å². The summed E-state index contributed by atoms with van der Waals surface area (Å²) in [5.74, 6) is -0.954. The van der Waals surface area contributed by atoms with Crippen molar-refractivity contribution in [3.63, 3.8) is 0 Å². The maximum Gasteiger partial charge on any atom is 0.303 e. The molecule has 0 heterocycles. The third kappa shape index (κ3) is 5.82. The van der Waals surface area contributed by atoms with Crippen LogP contribution in [-0.4, -0.2) is 32.1 Å². The van der Waals surface area contributed by atoms with Gasteiger partial charge in [0.15, 0.2) is 0 Å². The molecular weight excluding hydrogens is 294 g/mol. The standard InChI is InChI=1S/C14H21NO5S/c1-14(2,8-7-13(16)17)15-21(18,19)12-6-4-5-11(9-12)10-20-3/h4-6,9,15H,7-8,10H2,1-3H3,(H,16,17). The largest absolute Gasteiger partial charge is 0.481 e. The molecule has 0 aliphatic rings. The first-order valence-electron chi connectivity index (χ1n) is 6.50. The number of aliphatic carboxylic acids is 1. The van der Waals surface area contributed by atoms with Gasteiger partial charge in [0.2, 0.25) is 10.0 Å². The number of benzene rings is 1. The summed E-state index contributed by atoms with van der Waals surface area (Å²) in [6.07, 6.45) is 0.110. The van der Waals surface area contributed by atoms with Crippen LogP contribution in [0.15, 0.2) is 29.2 Å². The Morgan fingerprint density at radius 1 is 1.38 bits per heavy atom. The van der Waals surface area contributed by atoms with Gasteiger partial charge in [-0.05, 0) is 38.0 Å². The molecule has 0 saturated heterocycles. The van der Waals surface area contributed by atoms with Crippen molar-refractivity contribution in [3.8, 4) is 0 Å². The van der Waals surface area contributed by atoms with Crippen LogP contribution in [0.2, 0.25) is 0 Å². The normalized spacial score (nSPS) is 12.3. The molecule has 0 bridgehead atoms. The Balaban J connectivity index is 2.90. The van der Waals surface area contributed by atoms with Crippen LogP contribution in [0, 0.1) is 0 Å². The van der Waals surface area contributed by atoms with Gasteiger partial charge < -0.3 is 9.84 Å². The predicted octanol–water partition coefficient (Wildman–Crippen LogP) is 1.75. The minimum Gasteiger partial charge on any atom is -0.481 e. The van der Waals surface area contributed by atoms with Crippen molar-refractivity contribution in [1.82, 2.24) is 4.72 Å². The topological polar surface area (TPSA) is 92.7 Å². The highest BCUT2D eigenvalue weighted by molar-refractivity contribution is 7.89. The quantitative estimate of drug-likeness (QED) is 0.762. The van der Waals surface area contributed by atoms with E-state index in [1.807, 2.05) is 0 Å². The van der Waals surface area contributed by atoms with E-state index in [0.29, 0.717) is 6.61 Å². The molecule has 0 saturated carbocycles. The smallest absolute Gasteiger partial charge is 0.303 e. The summed E-state index contributed by atoms with van der Waals surface area (Å²) in [4.78, 5) is 10.7. The molecule has 0 aromatic heterocycles. The van der Waals surface area contributed by atoms with E-state index in [4.69, 9.17) is 9.84 Å². The van der Waals surface area contributed by atoms with Crippen LogP contribution in [0.4, 0.5) is 0 Å². The van der Waals surface area contributed by atoms with Gasteiger partial charge in [-0.15, -0.1) is 0 Å². The first-order chi connectivity index (χ1) is 9.66. The molecule has 6 nitrogen and oxygen atoms in total. The van der Waals surface area contributed by atoms with Crippen LogP contribution in [0.5, 0.6) is 0 Å². The SMILES string of the molecule is COCc1cccc(S(=O)(=O)NC(C)(C)CCC(=O)O)c1. The predicted molar refractivity (Wildman–Crippen MR) is 78.4 cm³/mol. The molecule has 118 valence electrons. The molecule has 0 radical (unpaired) electrons. The Bertz CT molecular complexity index is 595. The van der Waals surface area contributed by atoms with E-state index in [9.17, 15) is 13.2 Å². The summed E-state index contributed by atoms with van der Waals surface area (Å²) in [6.45, 7) is 3.64. The van der Waals surface area contributed by atoms with Crippen molar-refractivity contribution in [2.75, 3.05) is 7.11 Å². The molecule has 0 spiro atoms. The van der Waals surface area contributed by atoms with E-state index in [0.717, 1.165) is 5.56 Å². The van der Waals surface area contributed by atoms with E-state index in [2.05, 4.69) is 4.72 Å². The monoisotopic (exact) mass is 315 g/mol. The van der Waals surface area contributed by atoms with Gasteiger partial charge in [0.25, 0.3) is 0 Å². The fraction of sp³-hybridized carbons (Fsp3) is 0.500. The van der Waals surface area contributed by atoms with E-state index < -0.39 is 21.5 Å². The van der Waals surface area contributed by atoms with Gasteiger partial charge in [0.05, 0.1) is 11.5 Å². The highest BCUT2D eigenvalue weighted by Gasteiger charge is 2.26. The Hall–Kier alpha value is -1.44. The minimum absolute atomic E-state index is 0.0980. The number of carboxylic acids is 1. The lowest BCUT2D eigenvalue weighted by molar-refractivity contribution is -0.137. The van der Waals surface area contributed by atoms with Gasteiger partial charge in [-0.2, -0.15) is 0 Å². The van der Waals surface area contributed by atoms with Crippen LogP contribution in [0.25, 0.3) is 0 Å². The first kappa shape index (κ1) is 17.6. The second-order valence-corrected chi connectivity index (χ2v) is 7.15. The third-order valence-corrected chi connectivity index (χ3v) is 4.59. The fourth-order valence-corrected chi connectivity index (χ4v) is 3.37. The molecule has 0 amide bonds. The molecule has 1 rings (SSSR count). The number of carbonyl (C=O) groups is 1. The second-order valence-electron chi connectivity index (χ2n) is 5.46. The van der Waals surface area contributed by atoms with Crippen molar-refractivity contribution < 1.29 is 23.1 Å². The molecule has 0 aliphatic heterocycles. The molecule has 7 heteroatoms. The summed E-state index contributed by atoms with van der Waals surface area (Å²) in [5, 5.41) is 8.70. The molecule has 21 heavy (non-hydrogen) atoms. The molecule has 0 unspecified atom stereocenters. The van der Waals surface area contributed by atoms with Gasteiger partial charge in [-0.25, -0.2) is 13.1 Å². The average Bonchev–Trinajstić information content (AvgIpc) is 2.36. The number of rotatable bonds is 8. The van der Waals surface area contributed by atoms with E-state index in [-0.39, 0.29) is 17.7 Å². The average molecular weight is 315 g/mol. The van der Waals surface area contributed by atoms with E-state index >= 15 is 0 Å². The lowest BCUT2D eigenvalue weighted by Crippen LogP contribution is -2.43. The van der Waals surface area contributed by atoms with Gasteiger partial charge in [-0.1, -0.05) is 12.1 Å². The molecule has 0 fully saturated rings. The summed E-state index contributed by atoms with van der Waals surface area (Å²) in [7, 11) is -2.17. The molecular formula is C14H21NO5S. The zero-order chi connectivity index (χ0) is 16.1. The number of ether oxygens (including phenoxy) is 1. The number of sulfonamides is 1. The van der Waals surface area contributed by atoms with Crippen molar-refractivity contribution >= 4 is 16.0 Å². The third-order valence-electron chi connectivity index (χ3n) is 2.89. The Kier molecular flexibility index (Phi) is 5.88. The lowest BCUT2D eigenvalue weighted by Gasteiger charge is -2.25. The second kappa shape index (κ2) is 7.02. The lowest BCUT2D eigenvalue weighted by atomic mass is 10.0. The Morgan fingerprint density at radius 2 is 2.05 bits per heavy atom.